The summed E-state index contributed by atoms with van der Waals surface area (Å²) < 4.78 is 26.3. The lowest BCUT2D eigenvalue weighted by molar-refractivity contribution is 0.101. The molecule has 5 nitrogen and oxygen atoms in total. The molecule has 0 saturated carbocycles. The Bertz CT molecular complexity index is 758. The average molecular weight is 318 g/mol. The third-order valence-corrected chi connectivity index (χ3v) is 5.21. The van der Waals surface area contributed by atoms with Crippen LogP contribution in [0, 0.1) is 0 Å². The van der Waals surface area contributed by atoms with Crippen LogP contribution in [0.2, 0.25) is 0 Å². The molecule has 0 amide bonds. The van der Waals surface area contributed by atoms with Crippen LogP contribution in [0.15, 0.2) is 53.6 Å². The van der Waals surface area contributed by atoms with Crippen molar-refractivity contribution in [2.75, 3.05) is 13.6 Å². The Balaban J connectivity index is 2.15. The van der Waals surface area contributed by atoms with Gasteiger partial charge in [0.2, 0.25) is 10.0 Å². The van der Waals surface area contributed by atoms with Crippen molar-refractivity contribution in [1.82, 2.24) is 9.29 Å². The van der Waals surface area contributed by atoms with Crippen molar-refractivity contribution < 1.29 is 13.2 Å². The summed E-state index contributed by atoms with van der Waals surface area (Å²) in [6, 6.07) is 11.6. The zero-order chi connectivity index (χ0) is 16.2. The highest BCUT2D eigenvalue weighted by molar-refractivity contribution is 7.89. The molecular formula is C16H18N2O3S. The van der Waals surface area contributed by atoms with Crippen molar-refractivity contribution in [1.29, 1.82) is 0 Å². The van der Waals surface area contributed by atoms with Gasteiger partial charge in [0, 0.05) is 37.5 Å². The average Bonchev–Trinajstić information content (AvgIpc) is 2.53. The molecule has 1 aromatic heterocycles. The smallest absolute Gasteiger partial charge is 0.242 e. The van der Waals surface area contributed by atoms with Gasteiger partial charge in [-0.1, -0.05) is 18.2 Å². The number of Topliss-reactive ketones (excluding diaryl/α,β-unsaturated/α-hetero) is 1. The molecule has 2 rings (SSSR count). The van der Waals surface area contributed by atoms with E-state index in [9.17, 15) is 13.2 Å². The fourth-order valence-corrected chi connectivity index (χ4v) is 3.21. The summed E-state index contributed by atoms with van der Waals surface area (Å²) in [6.07, 6.45) is 2.21. The largest absolute Gasteiger partial charge is 0.295 e. The second kappa shape index (κ2) is 6.81. The molecular weight excluding hydrogens is 300 g/mol. The van der Waals surface area contributed by atoms with E-state index in [1.54, 1.807) is 18.3 Å². The quantitative estimate of drug-likeness (QED) is 0.765. The lowest BCUT2D eigenvalue weighted by Crippen LogP contribution is -2.29. The molecule has 0 radical (unpaired) electrons. The monoisotopic (exact) mass is 318 g/mol. The molecule has 0 unspecified atom stereocenters. The van der Waals surface area contributed by atoms with Gasteiger partial charge in [-0.05, 0) is 31.2 Å². The highest BCUT2D eigenvalue weighted by Gasteiger charge is 2.21. The van der Waals surface area contributed by atoms with E-state index in [0.717, 1.165) is 5.69 Å². The molecule has 116 valence electrons. The first-order valence-electron chi connectivity index (χ1n) is 6.88. The molecule has 22 heavy (non-hydrogen) atoms. The topological polar surface area (TPSA) is 67.3 Å². The van der Waals surface area contributed by atoms with Crippen molar-refractivity contribution in [3.8, 4) is 0 Å². The molecule has 0 spiro atoms. The van der Waals surface area contributed by atoms with E-state index in [1.165, 1.54) is 30.4 Å². The highest BCUT2D eigenvalue weighted by Crippen LogP contribution is 2.16. The molecule has 0 aliphatic carbocycles. The Kier molecular flexibility index (Phi) is 5.05. The fourth-order valence-electron chi connectivity index (χ4n) is 1.99. The van der Waals surface area contributed by atoms with Gasteiger partial charge in [0.05, 0.1) is 4.90 Å². The van der Waals surface area contributed by atoms with E-state index >= 15 is 0 Å². The summed E-state index contributed by atoms with van der Waals surface area (Å²) in [7, 11) is -2.09. The fraction of sp³-hybridized carbons (Fsp3) is 0.250. The minimum atomic E-state index is -3.61. The van der Waals surface area contributed by atoms with Crippen LogP contribution in [-0.2, 0) is 16.4 Å². The van der Waals surface area contributed by atoms with Crippen molar-refractivity contribution in [3.05, 3.63) is 59.9 Å². The lowest BCUT2D eigenvalue weighted by Gasteiger charge is -2.17. The number of hydrogen-bond donors (Lipinski definition) is 0. The van der Waals surface area contributed by atoms with Gasteiger partial charge in [-0.15, -0.1) is 0 Å². The molecule has 0 aliphatic heterocycles. The van der Waals surface area contributed by atoms with Crippen LogP contribution < -0.4 is 0 Å². The summed E-state index contributed by atoms with van der Waals surface area (Å²) in [6.45, 7) is 1.74. The van der Waals surface area contributed by atoms with E-state index in [0.29, 0.717) is 18.5 Å². The van der Waals surface area contributed by atoms with Gasteiger partial charge in [0.15, 0.2) is 5.78 Å². The van der Waals surface area contributed by atoms with Crippen molar-refractivity contribution in [2.45, 2.75) is 18.2 Å². The normalized spacial score (nSPS) is 11.6. The summed E-state index contributed by atoms with van der Waals surface area (Å²) in [5, 5.41) is 0. The number of rotatable bonds is 6. The Labute approximate surface area is 130 Å². The highest BCUT2D eigenvalue weighted by atomic mass is 32.2. The zero-order valence-electron chi connectivity index (χ0n) is 12.6. The number of aromatic nitrogens is 1. The summed E-state index contributed by atoms with van der Waals surface area (Å²) >= 11 is 0. The summed E-state index contributed by atoms with van der Waals surface area (Å²) in [5.74, 6) is -0.159. The Morgan fingerprint density at radius 1 is 1.18 bits per heavy atom. The van der Waals surface area contributed by atoms with Crippen LogP contribution in [0.4, 0.5) is 0 Å². The van der Waals surface area contributed by atoms with Gasteiger partial charge in [-0.2, -0.15) is 0 Å². The second-order valence-electron chi connectivity index (χ2n) is 4.98. The molecule has 0 fully saturated rings. The number of carbonyl (C=O) groups excluding carboxylic acids is 1. The molecule has 0 N–H and O–H groups in total. The molecule has 0 saturated heterocycles. The van der Waals surface area contributed by atoms with Crippen LogP contribution in [0.3, 0.4) is 0 Å². The van der Waals surface area contributed by atoms with Crippen LogP contribution in [0.25, 0.3) is 0 Å². The molecule has 0 aliphatic rings. The van der Waals surface area contributed by atoms with Crippen LogP contribution in [-0.4, -0.2) is 37.1 Å². The number of carbonyl (C=O) groups is 1. The number of ketones is 1. The van der Waals surface area contributed by atoms with Crippen molar-refractivity contribution in [3.63, 3.8) is 0 Å². The molecule has 2 aromatic rings. The van der Waals surface area contributed by atoms with Gasteiger partial charge in [0.1, 0.15) is 0 Å². The lowest BCUT2D eigenvalue weighted by atomic mass is 10.2. The van der Waals surface area contributed by atoms with E-state index in [1.807, 2.05) is 18.2 Å². The van der Waals surface area contributed by atoms with Gasteiger partial charge in [0.25, 0.3) is 0 Å². The predicted octanol–water partition coefficient (Wildman–Crippen LogP) is 2.15. The molecule has 0 atom stereocenters. The SMILES string of the molecule is CC(=O)c1cccc(S(=O)(=O)N(C)CCc2ccccn2)c1. The van der Waals surface area contributed by atoms with E-state index in [-0.39, 0.29) is 10.7 Å². The van der Waals surface area contributed by atoms with Gasteiger partial charge < -0.3 is 0 Å². The number of likely N-dealkylation sites (N-methyl/N-ethyl adjacent to an activating group) is 1. The Morgan fingerprint density at radius 2 is 1.95 bits per heavy atom. The summed E-state index contributed by atoms with van der Waals surface area (Å²) in [4.78, 5) is 15.7. The first-order valence-corrected chi connectivity index (χ1v) is 8.32. The van der Waals surface area contributed by atoms with E-state index in [4.69, 9.17) is 0 Å². The predicted molar refractivity (Wildman–Crippen MR) is 84.2 cm³/mol. The number of hydrogen-bond acceptors (Lipinski definition) is 4. The standard InChI is InChI=1S/C16H18N2O3S/c1-13(19)14-6-5-8-16(12-14)22(20,21)18(2)11-9-15-7-3-4-10-17-15/h3-8,10,12H,9,11H2,1-2H3. The molecule has 1 aromatic carbocycles. The molecule has 1 heterocycles. The summed E-state index contributed by atoms with van der Waals surface area (Å²) in [5.41, 5.74) is 1.22. The zero-order valence-corrected chi connectivity index (χ0v) is 13.4. The first kappa shape index (κ1) is 16.3. The maximum Gasteiger partial charge on any atom is 0.242 e. The van der Waals surface area contributed by atoms with Crippen LogP contribution in [0.1, 0.15) is 23.0 Å². The van der Waals surface area contributed by atoms with E-state index < -0.39 is 10.0 Å². The third kappa shape index (κ3) is 3.78. The minimum Gasteiger partial charge on any atom is -0.295 e. The molecule has 6 heteroatoms. The van der Waals surface area contributed by atoms with E-state index in [2.05, 4.69) is 4.98 Å². The maximum atomic E-state index is 12.5. The van der Waals surface area contributed by atoms with Crippen molar-refractivity contribution in [2.24, 2.45) is 0 Å². The van der Waals surface area contributed by atoms with Crippen LogP contribution in [0.5, 0.6) is 0 Å². The van der Waals surface area contributed by atoms with Gasteiger partial charge >= 0.3 is 0 Å². The number of benzene rings is 1. The van der Waals surface area contributed by atoms with Crippen LogP contribution >= 0.6 is 0 Å². The first-order chi connectivity index (χ1) is 10.4. The number of sulfonamides is 1. The Morgan fingerprint density at radius 3 is 2.59 bits per heavy atom. The maximum absolute atomic E-state index is 12.5. The minimum absolute atomic E-state index is 0.128. The molecule has 0 bridgehead atoms. The van der Waals surface area contributed by atoms with Crippen molar-refractivity contribution >= 4 is 15.8 Å². The number of nitrogens with zero attached hydrogens (tertiary/aromatic N) is 2. The van der Waals surface area contributed by atoms with Gasteiger partial charge in [-0.25, -0.2) is 12.7 Å². The Hall–Kier alpha value is -2.05. The third-order valence-electron chi connectivity index (χ3n) is 3.36. The number of pyridine rings is 1. The van der Waals surface area contributed by atoms with Gasteiger partial charge in [-0.3, -0.25) is 9.78 Å². The second-order valence-corrected chi connectivity index (χ2v) is 7.03.